The van der Waals surface area contributed by atoms with Crippen molar-refractivity contribution in [1.29, 1.82) is 0 Å². The number of nitrogens with zero attached hydrogens (tertiary/aromatic N) is 3. The molecule has 0 aliphatic carbocycles. The summed E-state index contributed by atoms with van der Waals surface area (Å²) in [6, 6.07) is 18.3. The van der Waals surface area contributed by atoms with E-state index in [0.717, 1.165) is 22.5 Å². The fourth-order valence-electron chi connectivity index (χ4n) is 3.11. The van der Waals surface area contributed by atoms with E-state index in [1.807, 2.05) is 24.3 Å². The smallest absolute Gasteiger partial charge is 0.234 e. The molecule has 0 saturated heterocycles. The van der Waals surface area contributed by atoms with Gasteiger partial charge in [-0.3, -0.25) is 4.57 Å². The Balaban J connectivity index is 2.05. The standard InChI is InChI=1S/C20H17N3O/c1-14-17-6-3-4-7-18(17)23(20-21-12-5-13-22-20)19(14)15-8-10-16(24-2)11-9-15/h3-13H,1-2H3. The van der Waals surface area contributed by atoms with Gasteiger partial charge in [0, 0.05) is 17.8 Å². The predicted molar refractivity (Wildman–Crippen MR) is 95.6 cm³/mol. The monoisotopic (exact) mass is 315 g/mol. The van der Waals surface area contributed by atoms with Crippen LogP contribution in [0.1, 0.15) is 5.56 Å². The molecule has 0 aliphatic heterocycles. The van der Waals surface area contributed by atoms with Crippen LogP contribution in [0.25, 0.3) is 28.1 Å². The van der Waals surface area contributed by atoms with Crippen LogP contribution in [0.4, 0.5) is 0 Å². The Morgan fingerprint density at radius 1 is 0.875 bits per heavy atom. The van der Waals surface area contributed by atoms with Crippen LogP contribution in [-0.2, 0) is 0 Å². The van der Waals surface area contributed by atoms with Crippen LogP contribution in [0, 0.1) is 6.92 Å². The summed E-state index contributed by atoms with van der Waals surface area (Å²) in [6.07, 6.45) is 3.54. The molecule has 2 aromatic heterocycles. The van der Waals surface area contributed by atoms with Crippen molar-refractivity contribution in [2.75, 3.05) is 7.11 Å². The number of benzene rings is 2. The minimum Gasteiger partial charge on any atom is -0.497 e. The molecular weight excluding hydrogens is 298 g/mol. The minimum atomic E-state index is 0.674. The van der Waals surface area contributed by atoms with Crippen LogP contribution in [0.3, 0.4) is 0 Å². The first kappa shape index (κ1) is 14.5. The molecule has 4 nitrogen and oxygen atoms in total. The van der Waals surface area contributed by atoms with E-state index in [9.17, 15) is 0 Å². The fraction of sp³-hybridized carbons (Fsp3) is 0.100. The maximum Gasteiger partial charge on any atom is 0.234 e. The molecule has 2 aromatic carbocycles. The molecule has 0 spiro atoms. The third-order valence-electron chi connectivity index (χ3n) is 4.24. The van der Waals surface area contributed by atoms with Gasteiger partial charge in [-0.2, -0.15) is 0 Å². The van der Waals surface area contributed by atoms with Gasteiger partial charge in [0.2, 0.25) is 5.95 Å². The summed E-state index contributed by atoms with van der Waals surface area (Å²) in [6.45, 7) is 2.14. The number of methoxy groups -OCH3 is 1. The number of hydrogen-bond acceptors (Lipinski definition) is 3. The molecule has 118 valence electrons. The summed E-state index contributed by atoms with van der Waals surface area (Å²) < 4.78 is 7.40. The van der Waals surface area contributed by atoms with Crippen molar-refractivity contribution >= 4 is 10.9 Å². The molecular formula is C20H17N3O. The number of aryl methyl sites for hydroxylation is 1. The lowest BCUT2D eigenvalue weighted by molar-refractivity contribution is 0.415. The van der Waals surface area contributed by atoms with Crippen LogP contribution >= 0.6 is 0 Å². The molecule has 0 unspecified atom stereocenters. The second kappa shape index (κ2) is 5.81. The summed E-state index contributed by atoms with van der Waals surface area (Å²) in [5.74, 6) is 1.52. The molecule has 0 radical (unpaired) electrons. The quantitative estimate of drug-likeness (QED) is 0.562. The summed E-state index contributed by atoms with van der Waals surface area (Å²) in [7, 11) is 1.68. The van der Waals surface area contributed by atoms with Gasteiger partial charge < -0.3 is 4.74 Å². The van der Waals surface area contributed by atoms with Crippen molar-refractivity contribution in [3.8, 4) is 23.0 Å². The van der Waals surface area contributed by atoms with Gasteiger partial charge in [0.1, 0.15) is 5.75 Å². The number of hydrogen-bond donors (Lipinski definition) is 0. The summed E-state index contributed by atoms with van der Waals surface area (Å²) in [5, 5.41) is 1.20. The molecule has 4 heteroatoms. The molecule has 0 bridgehead atoms. The van der Waals surface area contributed by atoms with E-state index in [1.165, 1.54) is 10.9 Å². The normalized spacial score (nSPS) is 10.9. The van der Waals surface area contributed by atoms with E-state index in [1.54, 1.807) is 19.5 Å². The lowest BCUT2D eigenvalue weighted by atomic mass is 10.1. The van der Waals surface area contributed by atoms with Crippen LogP contribution in [0.2, 0.25) is 0 Å². The Bertz CT molecular complexity index is 989. The first-order valence-corrected chi connectivity index (χ1v) is 7.81. The Kier molecular flexibility index (Phi) is 3.50. The summed E-state index contributed by atoms with van der Waals surface area (Å²) in [5.41, 5.74) is 4.53. The Morgan fingerprint density at radius 3 is 2.29 bits per heavy atom. The average molecular weight is 315 g/mol. The first-order valence-electron chi connectivity index (χ1n) is 7.81. The number of ether oxygens (including phenoxy) is 1. The topological polar surface area (TPSA) is 39.9 Å². The van der Waals surface area contributed by atoms with Crippen molar-refractivity contribution in [2.24, 2.45) is 0 Å². The highest BCUT2D eigenvalue weighted by molar-refractivity contribution is 5.93. The Hall–Kier alpha value is -3.14. The number of para-hydroxylation sites is 1. The Labute approximate surface area is 140 Å². The van der Waals surface area contributed by atoms with Gasteiger partial charge in [0.25, 0.3) is 0 Å². The van der Waals surface area contributed by atoms with Crippen LogP contribution < -0.4 is 4.74 Å². The minimum absolute atomic E-state index is 0.674. The van der Waals surface area contributed by atoms with Crippen molar-refractivity contribution in [3.05, 3.63) is 72.6 Å². The third-order valence-corrected chi connectivity index (χ3v) is 4.24. The highest BCUT2D eigenvalue weighted by atomic mass is 16.5. The third kappa shape index (κ3) is 2.24. The van der Waals surface area contributed by atoms with Crippen molar-refractivity contribution < 1.29 is 4.74 Å². The fourth-order valence-corrected chi connectivity index (χ4v) is 3.11. The maximum absolute atomic E-state index is 5.28. The highest BCUT2D eigenvalue weighted by Gasteiger charge is 2.18. The SMILES string of the molecule is COc1ccc(-c2c(C)c3ccccc3n2-c2ncccn2)cc1. The summed E-state index contributed by atoms with van der Waals surface area (Å²) >= 11 is 0. The van der Waals surface area contributed by atoms with Gasteiger partial charge in [-0.15, -0.1) is 0 Å². The lowest BCUT2D eigenvalue weighted by Gasteiger charge is -2.10. The van der Waals surface area contributed by atoms with E-state index in [-0.39, 0.29) is 0 Å². The molecule has 4 aromatic rings. The van der Waals surface area contributed by atoms with Crippen molar-refractivity contribution in [1.82, 2.24) is 14.5 Å². The van der Waals surface area contributed by atoms with Crippen molar-refractivity contribution in [2.45, 2.75) is 6.92 Å². The van der Waals surface area contributed by atoms with Gasteiger partial charge in [-0.1, -0.05) is 18.2 Å². The highest BCUT2D eigenvalue weighted by Crippen LogP contribution is 2.35. The molecule has 0 atom stereocenters. The van der Waals surface area contributed by atoms with Gasteiger partial charge in [-0.05, 0) is 54.4 Å². The second-order valence-electron chi connectivity index (χ2n) is 5.60. The molecule has 24 heavy (non-hydrogen) atoms. The van der Waals surface area contributed by atoms with Crippen molar-refractivity contribution in [3.63, 3.8) is 0 Å². The zero-order valence-corrected chi connectivity index (χ0v) is 13.6. The van der Waals surface area contributed by atoms with Crippen LogP contribution in [0.15, 0.2) is 67.0 Å². The van der Waals surface area contributed by atoms with E-state index < -0.39 is 0 Å². The molecule has 0 amide bonds. The van der Waals surface area contributed by atoms with Crippen LogP contribution in [0.5, 0.6) is 5.75 Å². The van der Waals surface area contributed by atoms with Gasteiger partial charge in [0.05, 0.1) is 18.3 Å². The van der Waals surface area contributed by atoms with Gasteiger partial charge >= 0.3 is 0 Å². The van der Waals surface area contributed by atoms with Gasteiger partial charge in [0.15, 0.2) is 0 Å². The second-order valence-corrected chi connectivity index (χ2v) is 5.60. The van der Waals surface area contributed by atoms with Crippen LogP contribution in [-0.4, -0.2) is 21.6 Å². The predicted octanol–water partition coefficient (Wildman–Crippen LogP) is 4.40. The zero-order valence-electron chi connectivity index (χ0n) is 13.6. The molecule has 0 N–H and O–H groups in total. The van der Waals surface area contributed by atoms with E-state index >= 15 is 0 Å². The maximum atomic E-state index is 5.28. The Morgan fingerprint density at radius 2 is 1.58 bits per heavy atom. The molecule has 0 saturated carbocycles. The number of aromatic nitrogens is 3. The van der Waals surface area contributed by atoms with E-state index in [2.05, 4.69) is 51.8 Å². The average Bonchev–Trinajstić information content (AvgIpc) is 2.95. The largest absolute Gasteiger partial charge is 0.497 e. The number of fused-ring (bicyclic) bond motifs is 1. The van der Waals surface area contributed by atoms with E-state index in [4.69, 9.17) is 4.74 Å². The molecule has 0 fully saturated rings. The summed E-state index contributed by atoms with van der Waals surface area (Å²) in [4.78, 5) is 8.92. The molecule has 0 aliphatic rings. The lowest BCUT2D eigenvalue weighted by Crippen LogP contribution is -2.02. The first-order chi connectivity index (χ1) is 11.8. The number of rotatable bonds is 3. The van der Waals surface area contributed by atoms with Gasteiger partial charge in [-0.25, -0.2) is 9.97 Å². The van der Waals surface area contributed by atoms with E-state index in [0.29, 0.717) is 5.95 Å². The zero-order chi connectivity index (χ0) is 16.5. The molecule has 2 heterocycles. The molecule has 4 rings (SSSR count).